The summed E-state index contributed by atoms with van der Waals surface area (Å²) < 4.78 is 25.3. The van der Waals surface area contributed by atoms with Crippen molar-refractivity contribution in [1.29, 1.82) is 0 Å². The lowest BCUT2D eigenvalue weighted by atomic mass is 10.1. The van der Waals surface area contributed by atoms with Gasteiger partial charge in [-0.05, 0) is 52.7 Å². The number of alkyl halides is 2. The lowest BCUT2D eigenvalue weighted by molar-refractivity contribution is 0.107. The van der Waals surface area contributed by atoms with Crippen LogP contribution in [0.2, 0.25) is 0 Å². The van der Waals surface area contributed by atoms with Crippen LogP contribution in [-0.2, 0) is 0 Å². The topological polar surface area (TPSA) is 30.0 Å². The molecule has 0 aliphatic heterocycles. The van der Waals surface area contributed by atoms with Crippen molar-refractivity contribution in [2.75, 3.05) is 0 Å². The third-order valence-electron chi connectivity index (χ3n) is 1.70. The first-order valence-corrected chi connectivity index (χ1v) is 5.04. The average Bonchev–Trinajstić information content (AvgIpc) is 2.07. The Bertz CT molecular complexity index is 384. The SMILES string of the molecule is Cc1c(C(F)F)cc(I)nc1C(=O)Cl. The molecule has 0 amide bonds. The number of nitrogens with zero attached hydrogens (tertiary/aromatic N) is 1. The maximum atomic E-state index is 12.5. The van der Waals surface area contributed by atoms with Crippen LogP contribution in [0.4, 0.5) is 8.78 Å². The van der Waals surface area contributed by atoms with Crippen molar-refractivity contribution in [2.45, 2.75) is 13.3 Å². The fourth-order valence-corrected chi connectivity index (χ4v) is 1.77. The molecule has 6 heteroatoms. The van der Waals surface area contributed by atoms with Crippen LogP contribution >= 0.6 is 34.2 Å². The summed E-state index contributed by atoms with van der Waals surface area (Å²) in [6.45, 7) is 1.40. The molecule has 0 saturated heterocycles. The minimum absolute atomic E-state index is 0.103. The van der Waals surface area contributed by atoms with Gasteiger partial charge in [0.1, 0.15) is 9.39 Å². The number of pyridine rings is 1. The van der Waals surface area contributed by atoms with Gasteiger partial charge < -0.3 is 0 Å². The number of hydrogen-bond donors (Lipinski definition) is 0. The second-order valence-corrected chi connectivity index (χ2v) is 4.03. The summed E-state index contributed by atoms with van der Waals surface area (Å²) in [5.74, 6) is 0. The monoisotopic (exact) mass is 331 g/mol. The molecule has 0 aliphatic carbocycles. The molecule has 0 saturated carbocycles. The van der Waals surface area contributed by atoms with Crippen LogP contribution in [-0.4, -0.2) is 10.2 Å². The van der Waals surface area contributed by atoms with Crippen LogP contribution < -0.4 is 0 Å². The zero-order chi connectivity index (χ0) is 10.9. The van der Waals surface area contributed by atoms with Crippen LogP contribution in [0.25, 0.3) is 0 Å². The quantitative estimate of drug-likeness (QED) is 0.473. The van der Waals surface area contributed by atoms with E-state index in [-0.39, 0.29) is 16.8 Å². The third-order valence-corrected chi connectivity index (χ3v) is 2.43. The summed E-state index contributed by atoms with van der Waals surface area (Å²) in [5.41, 5.74) is -0.164. The maximum absolute atomic E-state index is 12.5. The fraction of sp³-hybridized carbons (Fsp3) is 0.250. The first-order valence-electron chi connectivity index (χ1n) is 3.58. The predicted octanol–water partition coefficient (Wildman–Crippen LogP) is 3.31. The van der Waals surface area contributed by atoms with Gasteiger partial charge in [-0.15, -0.1) is 0 Å². The highest BCUT2D eigenvalue weighted by Crippen LogP contribution is 2.26. The van der Waals surface area contributed by atoms with Gasteiger partial charge >= 0.3 is 0 Å². The highest BCUT2D eigenvalue weighted by Gasteiger charge is 2.18. The predicted molar refractivity (Wildman–Crippen MR) is 56.8 cm³/mol. The van der Waals surface area contributed by atoms with Crippen molar-refractivity contribution in [3.8, 4) is 0 Å². The van der Waals surface area contributed by atoms with Gasteiger partial charge in [0.25, 0.3) is 11.7 Å². The van der Waals surface area contributed by atoms with Gasteiger partial charge in [-0.3, -0.25) is 4.79 Å². The van der Waals surface area contributed by atoms with E-state index in [1.54, 1.807) is 22.6 Å². The summed E-state index contributed by atoms with van der Waals surface area (Å²) in [6.07, 6.45) is -2.62. The van der Waals surface area contributed by atoms with Crippen LogP contribution in [0.3, 0.4) is 0 Å². The van der Waals surface area contributed by atoms with Gasteiger partial charge in [0.2, 0.25) is 0 Å². The van der Waals surface area contributed by atoms with Crippen LogP contribution in [0.1, 0.15) is 28.0 Å². The van der Waals surface area contributed by atoms with Crippen LogP contribution in [0.15, 0.2) is 6.07 Å². The van der Waals surface area contributed by atoms with Gasteiger partial charge in [-0.2, -0.15) is 0 Å². The Balaban J connectivity index is 3.40. The molecule has 1 aromatic heterocycles. The van der Waals surface area contributed by atoms with Crippen LogP contribution in [0.5, 0.6) is 0 Å². The maximum Gasteiger partial charge on any atom is 0.271 e. The minimum atomic E-state index is -2.62. The average molecular weight is 331 g/mol. The first-order chi connectivity index (χ1) is 6.43. The van der Waals surface area contributed by atoms with Gasteiger partial charge in [0.15, 0.2) is 0 Å². The molecule has 2 nitrogen and oxygen atoms in total. The molecule has 0 fully saturated rings. The number of aromatic nitrogens is 1. The highest BCUT2D eigenvalue weighted by atomic mass is 127. The normalized spacial score (nSPS) is 10.7. The standard InChI is InChI=1S/C8H5ClF2INO/c1-3-4(8(10)11)2-5(12)13-6(3)7(9)14/h2,8H,1H3. The Morgan fingerprint density at radius 3 is 2.64 bits per heavy atom. The van der Waals surface area contributed by atoms with Crippen molar-refractivity contribution in [3.63, 3.8) is 0 Å². The number of carbonyl (C=O) groups is 1. The molecule has 1 aromatic rings. The molecule has 1 rings (SSSR count). The number of carbonyl (C=O) groups excluding carboxylic acids is 1. The molecule has 0 bridgehead atoms. The van der Waals surface area contributed by atoms with Crippen molar-refractivity contribution < 1.29 is 13.6 Å². The molecule has 14 heavy (non-hydrogen) atoms. The summed E-state index contributed by atoms with van der Waals surface area (Å²) in [6, 6.07) is 1.24. The van der Waals surface area contributed by atoms with Gasteiger partial charge in [-0.25, -0.2) is 13.8 Å². The van der Waals surface area contributed by atoms with Gasteiger partial charge in [0, 0.05) is 5.56 Å². The van der Waals surface area contributed by atoms with E-state index >= 15 is 0 Å². The Hall–Kier alpha value is -0.300. The molecule has 1 heterocycles. The lowest BCUT2D eigenvalue weighted by Crippen LogP contribution is -2.04. The molecule has 0 unspecified atom stereocenters. The Kier molecular flexibility index (Phi) is 3.77. The molecule has 0 N–H and O–H groups in total. The second-order valence-electron chi connectivity index (χ2n) is 2.58. The molecular weight excluding hydrogens is 326 g/mol. The molecule has 0 radical (unpaired) electrons. The van der Waals surface area contributed by atoms with E-state index < -0.39 is 11.7 Å². The summed E-state index contributed by atoms with van der Waals surface area (Å²) in [4.78, 5) is 14.6. The molecule has 0 atom stereocenters. The summed E-state index contributed by atoms with van der Waals surface area (Å²) >= 11 is 6.97. The van der Waals surface area contributed by atoms with E-state index in [0.29, 0.717) is 3.70 Å². The zero-order valence-corrected chi connectivity index (χ0v) is 9.94. The van der Waals surface area contributed by atoms with Crippen molar-refractivity contribution in [3.05, 3.63) is 26.6 Å². The highest BCUT2D eigenvalue weighted by molar-refractivity contribution is 14.1. The molecule has 76 valence electrons. The smallest absolute Gasteiger partial charge is 0.271 e. The Labute approximate surface area is 97.8 Å². The van der Waals surface area contributed by atoms with E-state index in [2.05, 4.69) is 4.98 Å². The summed E-state index contributed by atoms with van der Waals surface area (Å²) in [5, 5.41) is -0.817. The van der Waals surface area contributed by atoms with Crippen molar-refractivity contribution in [2.24, 2.45) is 0 Å². The fourth-order valence-electron chi connectivity index (χ4n) is 1.01. The Morgan fingerprint density at radius 1 is 1.64 bits per heavy atom. The number of halogens is 4. The van der Waals surface area contributed by atoms with E-state index in [1.807, 2.05) is 0 Å². The van der Waals surface area contributed by atoms with E-state index in [1.165, 1.54) is 13.0 Å². The summed E-state index contributed by atoms with van der Waals surface area (Å²) in [7, 11) is 0. The molecular formula is C8H5ClF2INO. The van der Waals surface area contributed by atoms with E-state index in [9.17, 15) is 13.6 Å². The zero-order valence-electron chi connectivity index (χ0n) is 7.02. The van der Waals surface area contributed by atoms with Gasteiger partial charge in [0.05, 0.1) is 0 Å². The van der Waals surface area contributed by atoms with Crippen molar-refractivity contribution in [1.82, 2.24) is 4.98 Å². The first kappa shape index (κ1) is 11.8. The largest absolute Gasteiger partial charge is 0.274 e. The lowest BCUT2D eigenvalue weighted by Gasteiger charge is -2.07. The number of hydrogen-bond acceptors (Lipinski definition) is 2. The van der Waals surface area contributed by atoms with E-state index in [4.69, 9.17) is 11.6 Å². The third kappa shape index (κ3) is 2.38. The molecule has 0 spiro atoms. The molecule has 0 aliphatic rings. The molecule has 0 aromatic carbocycles. The Morgan fingerprint density at radius 2 is 2.21 bits per heavy atom. The van der Waals surface area contributed by atoms with Crippen molar-refractivity contribution >= 4 is 39.4 Å². The van der Waals surface area contributed by atoms with Gasteiger partial charge in [-0.1, -0.05) is 0 Å². The second kappa shape index (κ2) is 4.48. The van der Waals surface area contributed by atoms with E-state index in [0.717, 1.165) is 0 Å². The van der Waals surface area contributed by atoms with Crippen LogP contribution in [0, 0.1) is 10.6 Å². The number of rotatable bonds is 2. The minimum Gasteiger partial charge on any atom is -0.274 e.